The minimum Gasteiger partial charge on any atom is -0.481 e. The molecule has 7 rings (SSSR count). The fourth-order valence-corrected chi connectivity index (χ4v) is 14.0. The number of carbonyl (C=O) groups is 3. The number of esters is 1. The van der Waals surface area contributed by atoms with Gasteiger partial charge in [0.2, 0.25) is 5.91 Å². The second-order valence-corrected chi connectivity index (χ2v) is 21.7. The topological polar surface area (TPSA) is 206 Å². The van der Waals surface area contributed by atoms with Crippen molar-refractivity contribution in [2.75, 3.05) is 6.61 Å². The van der Waals surface area contributed by atoms with E-state index in [1.54, 1.807) is 6.92 Å². The van der Waals surface area contributed by atoms with Crippen molar-refractivity contribution >= 4 is 17.8 Å². The zero-order valence-corrected chi connectivity index (χ0v) is 37.1. The fraction of sp³-hybridized carbons (Fsp3) is 0.804. The third kappa shape index (κ3) is 7.35. The molecule has 60 heavy (non-hydrogen) atoms. The van der Waals surface area contributed by atoms with Crippen LogP contribution < -0.4 is 16.6 Å². The van der Waals surface area contributed by atoms with Crippen LogP contribution >= 0.6 is 0 Å². The van der Waals surface area contributed by atoms with Crippen LogP contribution in [0, 0.1) is 57.2 Å². The van der Waals surface area contributed by atoms with Crippen LogP contribution in [0.1, 0.15) is 157 Å². The molecule has 0 unspecified atom stereocenters. The van der Waals surface area contributed by atoms with Crippen molar-refractivity contribution in [3.8, 4) is 0 Å². The van der Waals surface area contributed by atoms with Gasteiger partial charge in [-0.3, -0.25) is 28.7 Å². The first-order valence-electron chi connectivity index (χ1n) is 22.5. The Morgan fingerprint density at radius 2 is 1.72 bits per heavy atom. The highest BCUT2D eigenvalue weighted by Gasteiger charge is 2.69. The van der Waals surface area contributed by atoms with Gasteiger partial charge in [0, 0.05) is 42.0 Å². The Morgan fingerprint density at radius 1 is 1.00 bits per heavy atom. The summed E-state index contributed by atoms with van der Waals surface area (Å²) in [5, 5.41) is 17.9. The summed E-state index contributed by atoms with van der Waals surface area (Å²) < 4.78 is 12.7. The number of rotatable bonds is 11. The van der Waals surface area contributed by atoms with E-state index in [1.807, 2.05) is 0 Å². The summed E-state index contributed by atoms with van der Waals surface area (Å²) >= 11 is 0. The molecule has 2 heterocycles. The number of ether oxygens (including phenoxy) is 2. The molecular formula is C46H68N6O8. The van der Waals surface area contributed by atoms with Crippen molar-refractivity contribution in [1.29, 1.82) is 0 Å². The minimum atomic E-state index is -0.794. The number of aliphatic carboxylic acids is 1. The number of allylic oxidation sites excluding steroid dienone is 2. The summed E-state index contributed by atoms with van der Waals surface area (Å²) in [7, 11) is 0. The Kier molecular flexibility index (Phi) is 11.6. The van der Waals surface area contributed by atoms with Crippen LogP contribution in [0.25, 0.3) is 10.4 Å². The number of unbranched alkanes of at least 4 members (excludes halogenated alkanes) is 1. The van der Waals surface area contributed by atoms with Gasteiger partial charge in [-0.1, -0.05) is 65.2 Å². The van der Waals surface area contributed by atoms with Gasteiger partial charge >= 0.3 is 17.6 Å². The number of fused-ring (bicyclic) bond motifs is 7. The average Bonchev–Trinajstić information content (AvgIpc) is 3.57. The second-order valence-electron chi connectivity index (χ2n) is 21.7. The lowest BCUT2D eigenvalue weighted by Gasteiger charge is -2.71. The molecule has 1 amide bonds. The van der Waals surface area contributed by atoms with Gasteiger partial charge in [0.25, 0.3) is 5.56 Å². The molecule has 0 radical (unpaired) electrons. The molecule has 1 saturated heterocycles. The number of hydrogen-bond donors (Lipinski definition) is 3. The quantitative estimate of drug-likeness (QED) is 0.0493. The molecule has 0 aromatic carbocycles. The summed E-state index contributed by atoms with van der Waals surface area (Å²) in [4.78, 5) is 68.5. The molecule has 4 saturated carbocycles. The van der Waals surface area contributed by atoms with Gasteiger partial charge < -0.3 is 19.9 Å². The van der Waals surface area contributed by atoms with Crippen molar-refractivity contribution in [3.63, 3.8) is 0 Å². The lowest BCUT2D eigenvalue weighted by Crippen LogP contribution is -2.66. The molecule has 14 nitrogen and oxygen atoms in total. The number of aryl methyl sites for hydroxylation is 1. The van der Waals surface area contributed by atoms with Gasteiger partial charge in [-0.15, -0.1) is 0 Å². The number of amides is 1. The molecular weight excluding hydrogens is 765 g/mol. The smallest absolute Gasteiger partial charge is 0.330 e. The highest BCUT2D eigenvalue weighted by Crippen LogP contribution is 2.75. The maximum Gasteiger partial charge on any atom is 0.330 e. The first kappa shape index (κ1) is 44.2. The first-order chi connectivity index (χ1) is 28.1. The molecule has 0 bridgehead atoms. The number of azide groups is 1. The number of aromatic amines is 1. The zero-order valence-electron chi connectivity index (χ0n) is 37.1. The van der Waals surface area contributed by atoms with Crippen molar-refractivity contribution < 1.29 is 29.0 Å². The van der Waals surface area contributed by atoms with E-state index in [2.05, 4.69) is 74.9 Å². The van der Waals surface area contributed by atoms with E-state index >= 15 is 0 Å². The fourth-order valence-electron chi connectivity index (χ4n) is 14.0. The van der Waals surface area contributed by atoms with Gasteiger partial charge in [-0.25, -0.2) is 4.79 Å². The van der Waals surface area contributed by atoms with E-state index in [0.29, 0.717) is 36.7 Å². The average molecular weight is 833 g/mol. The Morgan fingerprint density at radius 3 is 2.43 bits per heavy atom. The molecule has 1 aliphatic heterocycles. The number of H-pyrrole nitrogens is 1. The summed E-state index contributed by atoms with van der Waals surface area (Å²) in [5.41, 5.74) is 9.25. The SMILES string of the molecule is Cc1cn([C@H]2C[C@H](N=[N+]=[N-])[C@@H](COC(=O)CCCCC(=O)N[C@@H]3CC[C@]4(C)[C@H]5CC=C6[C@@H]7CC(C)(C)CC[C@]7(C(=O)O)CC[C@@]6(C)[C@]5(C)CC[C@H]4C3(C)C)O2)c(=O)[nH]c1=O. The molecule has 6 aliphatic rings. The molecule has 1 aromatic heterocycles. The van der Waals surface area contributed by atoms with E-state index in [1.165, 1.54) is 16.3 Å². The van der Waals surface area contributed by atoms with Gasteiger partial charge in [-0.05, 0) is 134 Å². The molecule has 5 aliphatic carbocycles. The van der Waals surface area contributed by atoms with Crippen LogP contribution in [0.2, 0.25) is 0 Å². The zero-order chi connectivity index (χ0) is 43.6. The summed E-state index contributed by atoms with van der Waals surface area (Å²) in [6.07, 6.45) is 13.5. The minimum absolute atomic E-state index is 0.00156. The highest BCUT2D eigenvalue weighted by molar-refractivity contribution is 5.77. The Bertz CT molecular complexity index is 2080. The van der Waals surface area contributed by atoms with Gasteiger partial charge in [0.1, 0.15) is 18.9 Å². The first-order valence-corrected chi connectivity index (χ1v) is 22.5. The lowest BCUT2D eigenvalue weighted by atomic mass is 9.33. The Balaban J connectivity index is 0.919. The number of carboxylic acid groups (broad SMARTS) is 1. The number of aromatic nitrogens is 2. The van der Waals surface area contributed by atoms with Crippen LogP contribution in [0.15, 0.2) is 32.5 Å². The third-order valence-corrected chi connectivity index (χ3v) is 17.7. The summed E-state index contributed by atoms with van der Waals surface area (Å²) in [6.45, 7) is 18.3. The van der Waals surface area contributed by atoms with Crippen molar-refractivity contribution in [3.05, 3.63) is 54.7 Å². The van der Waals surface area contributed by atoms with Crippen molar-refractivity contribution in [2.24, 2.45) is 55.4 Å². The largest absolute Gasteiger partial charge is 0.481 e. The van der Waals surface area contributed by atoms with Crippen LogP contribution in [-0.2, 0) is 23.9 Å². The monoisotopic (exact) mass is 833 g/mol. The van der Waals surface area contributed by atoms with Crippen LogP contribution in [0.3, 0.4) is 0 Å². The highest BCUT2D eigenvalue weighted by atomic mass is 16.6. The van der Waals surface area contributed by atoms with Gasteiger partial charge in [-0.2, -0.15) is 0 Å². The van der Waals surface area contributed by atoms with Gasteiger partial charge in [0.05, 0.1) is 11.5 Å². The van der Waals surface area contributed by atoms with Crippen LogP contribution in [-0.4, -0.2) is 57.3 Å². The molecule has 11 atom stereocenters. The standard InChI is InChI=1S/C46H68N6O8/c1-27-25-52(40(58)49-38(27)55)36-23-30(50-51-47)31(60-36)26-59-37(54)12-10-9-11-35(53)48-34-16-17-43(6)32(42(34,4)5)15-18-45(8)33(43)14-13-28-29-24-41(2,3)19-21-46(29,39(56)57)22-20-44(28,45)7/h13,25,29-34,36H,9-12,14-24,26H2,1-8H3,(H,48,53)(H,56,57)(H,49,55,58)/t29-,30-,31+,32-,33+,34+,36+,43-,44+,45+,46-/m0/s1. The number of nitrogens with one attached hydrogen (secondary N) is 2. The molecule has 14 heteroatoms. The maximum absolute atomic E-state index is 13.4. The van der Waals surface area contributed by atoms with E-state index in [9.17, 15) is 29.1 Å². The Hall–Kier alpha value is -3.90. The van der Waals surface area contributed by atoms with E-state index in [4.69, 9.17) is 15.0 Å². The number of carbonyl (C=O) groups excluding carboxylic acids is 2. The van der Waals surface area contributed by atoms with Crippen LogP contribution in [0.5, 0.6) is 0 Å². The lowest BCUT2D eigenvalue weighted by molar-refractivity contribution is -0.192. The maximum atomic E-state index is 13.4. The molecule has 3 N–H and O–H groups in total. The predicted octanol–water partition coefficient (Wildman–Crippen LogP) is 8.29. The summed E-state index contributed by atoms with van der Waals surface area (Å²) in [6, 6.07) is -0.623. The molecule has 5 fully saturated rings. The van der Waals surface area contributed by atoms with Crippen molar-refractivity contribution in [2.45, 2.75) is 176 Å². The van der Waals surface area contributed by atoms with Gasteiger partial charge in [0.15, 0.2) is 0 Å². The van der Waals surface area contributed by atoms with Crippen molar-refractivity contribution in [1.82, 2.24) is 14.9 Å². The van der Waals surface area contributed by atoms with Crippen LogP contribution in [0.4, 0.5) is 0 Å². The normalized spacial score (nSPS) is 38.7. The van der Waals surface area contributed by atoms with E-state index < -0.39 is 47.0 Å². The van der Waals surface area contributed by atoms with E-state index in [0.717, 1.165) is 64.2 Å². The van der Waals surface area contributed by atoms with E-state index in [-0.39, 0.29) is 64.4 Å². The number of carboxylic acids is 1. The second kappa shape index (κ2) is 15.8. The summed E-state index contributed by atoms with van der Waals surface area (Å²) in [5.74, 6) is -0.0303. The molecule has 0 spiro atoms. The molecule has 330 valence electrons. The predicted molar refractivity (Wildman–Crippen MR) is 226 cm³/mol. The number of nitrogens with zero attached hydrogens (tertiary/aromatic N) is 4. The Labute approximate surface area is 353 Å². The third-order valence-electron chi connectivity index (χ3n) is 17.7. The molecule has 1 aromatic rings. The number of hydrogen-bond acceptors (Lipinski definition) is 8.